The van der Waals surface area contributed by atoms with Gasteiger partial charge in [-0.1, -0.05) is 6.92 Å². The smallest absolute Gasteiger partial charge is 0.0510 e. The Balaban J connectivity index is 2.19. The predicted molar refractivity (Wildman–Crippen MR) is 70.0 cm³/mol. The van der Waals surface area contributed by atoms with Crippen LogP contribution in [0, 0.1) is 5.92 Å². The molecule has 1 aliphatic heterocycles. The molecule has 2 unspecified atom stereocenters. The Bertz CT molecular complexity index is 163. The fourth-order valence-corrected chi connectivity index (χ4v) is 3.08. The Hall–Kier alpha value is 0.230. The van der Waals surface area contributed by atoms with E-state index in [4.69, 9.17) is 9.84 Å². The topological polar surface area (TPSA) is 41.5 Å². The van der Waals surface area contributed by atoms with Gasteiger partial charge in [-0.2, -0.15) is 11.8 Å². The molecule has 2 N–H and O–H groups in total. The number of aliphatic hydroxyl groups is 1. The van der Waals surface area contributed by atoms with Crippen molar-refractivity contribution in [2.24, 2.45) is 5.92 Å². The van der Waals surface area contributed by atoms with Crippen molar-refractivity contribution in [2.75, 3.05) is 37.9 Å². The summed E-state index contributed by atoms with van der Waals surface area (Å²) in [7, 11) is 0. The minimum absolute atomic E-state index is 0.312. The summed E-state index contributed by atoms with van der Waals surface area (Å²) in [5.74, 6) is 2.90. The maximum absolute atomic E-state index is 8.74. The van der Waals surface area contributed by atoms with Crippen molar-refractivity contribution < 1.29 is 9.84 Å². The zero-order valence-corrected chi connectivity index (χ0v) is 11.1. The lowest BCUT2D eigenvalue weighted by Crippen LogP contribution is -2.39. The van der Waals surface area contributed by atoms with Gasteiger partial charge in [-0.05, 0) is 31.6 Å². The molecular weight excluding hydrogens is 222 g/mol. The van der Waals surface area contributed by atoms with Crippen molar-refractivity contribution in [3.8, 4) is 0 Å². The second-order valence-electron chi connectivity index (χ2n) is 4.34. The van der Waals surface area contributed by atoms with E-state index in [-0.39, 0.29) is 0 Å². The lowest BCUT2D eigenvalue weighted by atomic mass is 10.0. The van der Waals surface area contributed by atoms with Crippen LogP contribution in [0.25, 0.3) is 0 Å². The SMILES string of the molecule is CCCNC(CSCCCO)C1CCOC1. The van der Waals surface area contributed by atoms with E-state index in [1.807, 2.05) is 11.8 Å². The highest BCUT2D eigenvalue weighted by Gasteiger charge is 2.24. The van der Waals surface area contributed by atoms with Gasteiger partial charge < -0.3 is 15.2 Å². The van der Waals surface area contributed by atoms with E-state index in [0.29, 0.717) is 18.6 Å². The Kier molecular flexibility index (Phi) is 8.29. The third-order valence-corrected chi connectivity index (χ3v) is 4.11. The average molecular weight is 247 g/mol. The van der Waals surface area contributed by atoms with E-state index < -0.39 is 0 Å². The zero-order chi connectivity index (χ0) is 11.6. The van der Waals surface area contributed by atoms with Crippen LogP contribution in [0.5, 0.6) is 0 Å². The standard InChI is InChI=1S/C12H25NO2S/c1-2-5-13-12(10-16-8-3-6-14)11-4-7-15-9-11/h11-14H,2-10H2,1H3. The third kappa shape index (κ3) is 5.53. The molecule has 0 radical (unpaired) electrons. The normalized spacial score (nSPS) is 22.5. The summed E-state index contributed by atoms with van der Waals surface area (Å²) >= 11 is 1.95. The molecule has 0 aromatic carbocycles. The molecule has 0 bridgehead atoms. The zero-order valence-electron chi connectivity index (χ0n) is 10.3. The van der Waals surface area contributed by atoms with E-state index in [1.54, 1.807) is 0 Å². The summed E-state index contributed by atoms with van der Waals surface area (Å²) in [6.45, 7) is 5.46. The number of thioether (sulfide) groups is 1. The molecular formula is C12H25NO2S. The van der Waals surface area contributed by atoms with E-state index in [0.717, 1.165) is 37.7 Å². The highest BCUT2D eigenvalue weighted by molar-refractivity contribution is 7.99. The van der Waals surface area contributed by atoms with Crippen LogP contribution in [0.15, 0.2) is 0 Å². The molecule has 1 saturated heterocycles. The molecule has 3 nitrogen and oxygen atoms in total. The average Bonchev–Trinajstić information content (AvgIpc) is 2.82. The highest BCUT2D eigenvalue weighted by atomic mass is 32.2. The number of hydrogen-bond acceptors (Lipinski definition) is 4. The molecule has 2 atom stereocenters. The van der Waals surface area contributed by atoms with Crippen LogP contribution in [0.3, 0.4) is 0 Å². The first-order valence-corrected chi connectivity index (χ1v) is 7.53. The van der Waals surface area contributed by atoms with Gasteiger partial charge in [0.05, 0.1) is 6.61 Å². The van der Waals surface area contributed by atoms with Crippen molar-refractivity contribution in [1.82, 2.24) is 5.32 Å². The number of hydrogen-bond donors (Lipinski definition) is 2. The van der Waals surface area contributed by atoms with Crippen molar-refractivity contribution in [3.05, 3.63) is 0 Å². The van der Waals surface area contributed by atoms with Gasteiger partial charge in [-0.15, -0.1) is 0 Å². The number of rotatable bonds is 9. The first-order valence-electron chi connectivity index (χ1n) is 6.38. The van der Waals surface area contributed by atoms with Gasteiger partial charge in [0.1, 0.15) is 0 Å². The first kappa shape index (κ1) is 14.3. The summed E-state index contributed by atoms with van der Waals surface area (Å²) in [5.41, 5.74) is 0. The number of ether oxygens (including phenoxy) is 1. The Morgan fingerprint density at radius 2 is 2.44 bits per heavy atom. The molecule has 0 amide bonds. The second-order valence-corrected chi connectivity index (χ2v) is 5.49. The van der Waals surface area contributed by atoms with Gasteiger partial charge in [0.2, 0.25) is 0 Å². The molecule has 4 heteroatoms. The van der Waals surface area contributed by atoms with E-state index in [1.165, 1.54) is 12.8 Å². The molecule has 1 rings (SSSR count). The van der Waals surface area contributed by atoms with Gasteiger partial charge in [0.25, 0.3) is 0 Å². The summed E-state index contributed by atoms with van der Waals surface area (Å²) in [6, 6.07) is 0.589. The summed E-state index contributed by atoms with van der Waals surface area (Å²) in [6.07, 6.45) is 3.29. The number of nitrogens with one attached hydrogen (secondary N) is 1. The van der Waals surface area contributed by atoms with E-state index in [9.17, 15) is 0 Å². The fourth-order valence-electron chi connectivity index (χ4n) is 1.94. The predicted octanol–water partition coefficient (Wildman–Crippen LogP) is 1.51. The molecule has 96 valence electrons. The molecule has 0 aromatic rings. The number of aliphatic hydroxyl groups excluding tert-OH is 1. The Morgan fingerprint density at radius 1 is 1.56 bits per heavy atom. The van der Waals surface area contributed by atoms with Crippen molar-refractivity contribution in [1.29, 1.82) is 0 Å². The van der Waals surface area contributed by atoms with Gasteiger partial charge in [0, 0.05) is 30.9 Å². The van der Waals surface area contributed by atoms with Crippen molar-refractivity contribution in [3.63, 3.8) is 0 Å². The highest BCUT2D eigenvalue weighted by Crippen LogP contribution is 2.20. The third-order valence-electron chi connectivity index (χ3n) is 2.93. The molecule has 0 spiro atoms. The minimum Gasteiger partial charge on any atom is -0.396 e. The molecule has 0 aliphatic carbocycles. The van der Waals surface area contributed by atoms with Crippen LogP contribution in [-0.2, 0) is 4.74 Å². The van der Waals surface area contributed by atoms with E-state index >= 15 is 0 Å². The summed E-state index contributed by atoms with van der Waals surface area (Å²) in [4.78, 5) is 0. The maximum atomic E-state index is 8.74. The van der Waals surface area contributed by atoms with Crippen molar-refractivity contribution >= 4 is 11.8 Å². The molecule has 1 aliphatic rings. The molecule has 0 aromatic heterocycles. The van der Waals surface area contributed by atoms with Crippen LogP contribution in [0.2, 0.25) is 0 Å². The summed E-state index contributed by atoms with van der Waals surface area (Å²) < 4.78 is 5.46. The van der Waals surface area contributed by atoms with Crippen LogP contribution < -0.4 is 5.32 Å². The lowest BCUT2D eigenvalue weighted by molar-refractivity contribution is 0.179. The van der Waals surface area contributed by atoms with Gasteiger partial charge in [0.15, 0.2) is 0 Å². The largest absolute Gasteiger partial charge is 0.396 e. The van der Waals surface area contributed by atoms with Gasteiger partial charge >= 0.3 is 0 Å². The second kappa shape index (κ2) is 9.28. The molecule has 16 heavy (non-hydrogen) atoms. The van der Waals surface area contributed by atoms with Gasteiger partial charge in [-0.3, -0.25) is 0 Å². The molecule has 0 saturated carbocycles. The minimum atomic E-state index is 0.312. The molecule has 1 heterocycles. The van der Waals surface area contributed by atoms with Crippen molar-refractivity contribution in [2.45, 2.75) is 32.2 Å². The Morgan fingerprint density at radius 3 is 3.06 bits per heavy atom. The van der Waals surface area contributed by atoms with Crippen LogP contribution >= 0.6 is 11.8 Å². The first-order chi connectivity index (χ1) is 7.88. The maximum Gasteiger partial charge on any atom is 0.0510 e. The Labute approximate surface area is 103 Å². The van der Waals surface area contributed by atoms with Crippen LogP contribution in [-0.4, -0.2) is 49.0 Å². The van der Waals surface area contributed by atoms with Crippen LogP contribution in [0.1, 0.15) is 26.2 Å². The monoisotopic (exact) mass is 247 g/mol. The lowest BCUT2D eigenvalue weighted by Gasteiger charge is -2.23. The quantitative estimate of drug-likeness (QED) is 0.606. The van der Waals surface area contributed by atoms with Crippen LogP contribution in [0.4, 0.5) is 0 Å². The van der Waals surface area contributed by atoms with E-state index in [2.05, 4.69) is 12.2 Å². The molecule has 1 fully saturated rings. The summed E-state index contributed by atoms with van der Waals surface area (Å²) in [5, 5.41) is 12.4. The van der Waals surface area contributed by atoms with Gasteiger partial charge in [-0.25, -0.2) is 0 Å². The fraction of sp³-hybridized carbons (Fsp3) is 1.00.